The third-order valence-electron chi connectivity index (χ3n) is 5.91. The number of hydrogen-bond donors (Lipinski definition) is 2. The molecule has 3 rings (SSSR count). The zero-order valence-electron chi connectivity index (χ0n) is 18.9. The van der Waals surface area contributed by atoms with Crippen LogP contribution in [0.3, 0.4) is 0 Å². The summed E-state index contributed by atoms with van der Waals surface area (Å²) < 4.78 is 42.4. The van der Waals surface area contributed by atoms with Gasteiger partial charge < -0.3 is 10.4 Å². The number of nitrogens with zero attached hydrogens (tertiary/aromatic N) is 2. The Balaban J connectivity index is 2.22. The summed E-state index contributed by atoms with van der Waals surface area (Å²) >= 11 is 0. The van der Waals surface area contributed by atoms with Gasteiger partial charge in [0, 0.05) is 6.04 Å². The zero-order valence-corrected chi connectivity index (χ0v) is 18.9. The molecule has 1 fully saturated rings. The number of alkyl halides is 3. The number of rotatable bonds is 6. The van der Waals surface area contributed by atoms with E-state index in [-0.39, 0.29) is 5.56 Å². The first-order chi connectivity index (χ1) is 15.9. The number of carbonyl (C=O) groups excluding carboxylic acids is 2. The number of hydrogen-bond acceptors (Lipinski definition) is 5. The highest BCUT2D eigenvalue weighted by Crippen LogP contribution is 2.33. The van der Waals surface area contributed by atoms with Crippen molar-refractivity contribution >= 4 is 11.7 Å². The maximum atomic E-state index is 13.6. The lowest BCUT2D eigenvalue weighted by Gasteiger charge is -2.26. The Bertz CT molecular complexity index is 1220. The fourth-order valence-corrected chi connectivity index (χ4v) is 4.22. The van der Waals surface area contributed by atoms with E-state index in [1.54, 1.807) is 0 Å². The number of ketones is 1. The van der Waals surface area contributed by atoms with Crippen molar-refractivity contribution in [3.63, 3.8) is 0 Å². The predicted molar refractivity (Wildman–Crippen MR) is 117 cm³/mol. The number of aryl methyl sites for hydroxylation is 1. The quantitative estimate of drug-likeness (QED) is 0.659. The van der Waals surface area contributed by atoms with Crippen molar-refractivity contribution in [1.82, 2.24) is 14.5 Å². The molecule has 1 amide bonds. The number of benzene rings is 1. The van der Waals surface area contributed by atoms with Crippen molar-refractivity contribution in [3.05, 3.63) is 61.3 Å². The smallest absolute Gasteiger partial charge is 0.416 e. The fourth-order valence-electron chi connectivity index (χ4n) is 4.22. The van der Waals surface area contributed by atoms with Crippen molar-refractivity contribution in [3.8, 4) is 5.88 Å². The van der Waals surface area contributed by atoms with Gasteiger partial charge in [-0.05, 0) is 38.3 Å². The van der Waals surface area contributed by atoms with Crippen LogP contribution in [0.25, 0.3) is 0 Å². The Morgan fingerprint density at radius 1 is 1.15 bits per heavy atom. The van der Waals surface area contributed by atoms with Crippen LogP contribution in [-0.2, 0) is 17.5 Å². The topological polar surface area (TPSA) is 110 Å². The van der Waals surface area contributed by atoms with E-state index in [9.17, 15) is 37.5 Å². The highest BCUT2D eigenvalue weighted by Gasteiger charge is 2.34. The van der Waals surface area contributed by atoms with E-state index in [4.69, 9.17) is 0 Å². The van der Waals surface area contributed by atoms with Crippen LogP contribution in [0.1, 0.15) is 72.1 Å². The molecule has 1 aliphatic carbocycles. The minimum atomic E-state index is -4.73. The molecule has 0 atom stereocenters. The standard InChI is InChI=1S/C23H26F3N3O5/c1-13-8-9-15(17(10-13)23(24,25)26)12-28-20(32)18(19(31)27-11-14(2)30)21(33)29(22(28)34)16-6-4-3-5-7-16/h8-10,16,33H,3-7,11-12H2,1-2H3,(H,27,31). The highest BCUT2D eigenvalue weighted by molar-refractivity contribution is 5.97. The first-order valence-electron chi connectivity index (χ1n) is 10.9. The van der Waals surface area contributed by atoms with Crippen LogP contribution in [0.15, 0.2) is 27.8 Å². The second-order valence-electron chi connectivity index (χ2n) is 8.58. The molecule has 1 saturated carbocycles. The van der Waals surface area contributed by atoms with Crippen molar-refractivity contribution in [2.75, 3.05) is 6.54 Å². The van der Waals surface area contributed by atoms with E-state index in [1.807, 2.05) is 0 Å². The van der Waals surface area contributed by atoms with E-state index < -0.39 is 65.3 Å². The average molecular weight is 481 g/mol. The predicted octanol–water partition coefficient (Wildman–Crippen LogP) is 2.92. The number of halogens is 3. The molecule has 2 N–H and O–H groups in total. The summed E-state index contributed by atoms with van der Waals surface area (Å²) in [5.41, 5.74) is -3.99. The number of nitrogens with one attached hydrogen (secondary N) is 1. The molecule has 0 bridgehead atoms. The summed E-state index contributed by atoms with van der Waals surface area (Å²) in [4.78, 5) is 50.4. The van der Waals surface area contributed by atoms with E-state index in [0.29, 0.717) is 23.0 Å². The molecular formula is C23H26F3N3O5. The van der Waals surface area contributed by atoms with Gasteiger partial charge in [-0.2, -0.15) is 13.2 Å². The first kappa shape index (κ1) is 25.3. The molecule has 0 spiro atoms. The summed E-state index contributed by atoms with van der Waals surface area (Å²) in [5.74, 6) is -2.35. The number of aromatic nitrogens is 2. The third kappa shape index (κ3) is 5.23. The van der Waals surface area contributed by atoms with Crippen LogP contribution in [0.2, 0.25) is 0 Å². The van der Waals surface area contributed by atoms with Crippen LogP contribution >= 0.6 is 0 Å². The number of Topliss-reactive ketones (excluding diaryl/α,β-unsaturated/α-hetero) is 1. The van der Waals surface area contributed by atoms with E-state index in [2.05, 4.69) is 5.32 Å². The lowest BCUT2D eigenvalue weighted by atomic mass is 9.95. The molecule has 1 aliphatic rings. The Morgan fingerprint density at radius 2 is 1.79 bits per heavy atom. The molecule has 2 aromatic rings. The Morgan fingerprint density at radius 3 is 2.38 bits per heavy atom. The van der Waals surface area contributed by atoms with Crippen LogP contribution in [-0.4, -0.2) is 32.5 Å². The number of aromatic hydroxyl groups is 1. The molecule has 1 aromatic heterocycles. The molecule has 11 heteroatoms. The van der Waals surface area contributed by atoms with Crippen LogP contribution < -0.4 is 16.6 Å². The molecular weight excluding hydrogens is 455 g/mol. The first-order valence-corrected chi connectivity index (χ1v) is 10.9. The van der Waals surface area contributed by atoms with Gasteiger partial charge in [-0.15, -0.1) is 0 Å². The summed E-state index contributed by atoms with van der Waals surface area (Å²) in [7, 11) is 0. The maximum Gasteiger partial charge on any atom is 0.416 e. The van der Waals surface area contributed by atoms with Gasteiger partial charge in [0.05, 0.1) is 18.7 Å². The van der Waals surface area contributed by atoms with Crippen LogP contribution in [0.5, 0.6) is 5.88 Å². The third-order valence-corrected chi connectivity index (χ3v) is 5.91. The van der Waals surface area contributed by atoms with Crippen LogP contribution in [0, 0.1) is 6.92 Å². The van der Waals surface area contributed by atoms with Crippen molar-refractivity contribution < 1.29 is 27.9 Å². The summed E-state index contributed by atoms with van der Waals surface area (Å²) in [6.07, 6.45) is -1.33. The van der Waals surface area contributed by atoms with E-state index in [0.717, 1.165) is 29.9 Å². The highest BCUT2D eigenvalue weighted by atomic mass is 19.4. The maximum absolute atomic E-state index is 13.6. The Kier molecular flexibility index (Phi) is 7.32. The normalized spacial score (nSPS) is 14.7. The van der Waals surface area contributed by atoms with Gasteiger partial charge in [0.15, 0.2) is 5.56 Å². The van der Waals surface area contributed by atoms with Gasteiger partial charge >= 0.3 is 11.9 Å². The number of amides is 1. The van der Waals surface area contributed by atoms with Gasteiger partial charge in [-0.3, -0.25) is 23.5 Å². The molecule has 1 aromatic carbocycles. The molecule has 8 nitrogen and oxygen atoms in total. The minimum Gasteiger partial charge on any atom is -0.494 e. The van der Waals surface area contributed by atoms with Gasteiger partial charge in [-0.1, -0.05) is 37.0 Å². The summed E-state index contributed by atoms with van der Waals surface area (Å²) in [5, 5.41) is 13.0. The second kappa shape index (κ2) is 9.86. The lowest BCUT2D eigenvalue weighted by molar-refractivity contribution is -0.138. The van der Waals surface area contributed by atoms with Gasteiger partial charge in [0.2, 0.25) is 5.88 Å². The molecule has 34 heavy (non-hydrogen) atoms. The Hall–Kier alpha value is -3.37. The van der Waals surface area contributed by atoms with Gasteiger partial charge in [0.25, 0.3) is 11.5 Å². The van der Waals surface area contributed by atoms with Crippen LogP contribution in [0.4, 0.5) is 13.2 Å². The SMILES string of the molecule is CC(=O)CNC(=O)c1c(O)n(C2CCCCC2)c(=O)n(Cc2ccc(C)cc2C(F)(F)F)c1=O. The lowest BCUT2D eigenvalue weighted by Crippen LogP contribution is -2.46. The fraction of sp³-hybridized carbons (Fsp3) is 0.478. The summed E-state index contributed by atoms with van der Waals surface area (Å²) in [6.45, 7) is 1.53. The van der Waals surface area contributed by atoms with Crippen molar-refractivity contribution in [2.24, 2.45) is 0 Å². The molecule has 0 aliphatic heterocycles. The summed E-state index contributed by atoms with van der Waals surface area (Å²) in [6, 6.07) is 3.00. The zero-order chi connectivity index (χ0) is 25.2. The number of carbonyl (C=O) groups is 2. The van der Waals surface area contributed by atoms with Gasteiger partial charge in [0.1, 0.15) is 5.78 Å². The van der Waals surface area contributed by atoms with E-state index >= 15 is 0 Å². The monoisotopic (exact) mass is 481 g/mol. The molecule has 184 valence electrons. The van der Waals surface area contributed by atoms with Crippen molar-refractivity contribution in [2.45, 2.75) is 64.7 Å². The largest absolute Gasteiger partial charge is 0.494 e. The Labute approximate surface area is 193 Å². The second-order valence-corrected chi connectivity index (χ2v) is 8.58. The van der Waals surface area contributed by atoms with E-state index in [1.165, 1.54) is 26.0 Å². The molecule has 0 unspecified atom stereocenters. The minimum absolute atomic E-state index is 0.326. The van der Waals surface area contributed by atoms with Gasteiger partial charge in [-0.25, -0.2) is 4.79 Å². The molecule has 1 heterocycles. The molecule has 0 radical (unpaired) electrons. The molecule has 0 saturated heterocycles. The average Bonchev–Trinajstić information content (AvgIpc) is 2.76. The van der Waals surface area contributed by atoms with Crippen molar-refractivity contribution in [1.29, 1.82) is 0 Å².